The number of pyridine rings is 1. The molecule has 0 aliphatic rings. The number of benzene rings is 1. The third-order valence-corrected chi connectivity index (χ3v) is 3.11. The Bertz CT molecular complexity index is 569. The first-order valence-corrected chi connectivity index (χ1v) is 7.04. The van der Waals surface area contributed by atoms with Crippen molar-refractivity contribution in [1.29, 1.82) is 0 Å². The standard InChI is InChI=1S/C18H22N2/c1-14(2)11-15(3)20-13-16-9-10-19-18(12-16)17-7-5-4-6-8-17/h4-12,15,20H,13H2,1-3H3. The van der Waals surface area contributed by atoms with Gasteiger partial charge in [-0.1, -0.05) is 42.0 Å². The summed E-state index contributed by atoms with van der Waals surface area (Å²) in [7, 11) is 0. The molecule has 0 fully saturated rings. The van der Waals surface area contributed by atoms with Gasteiger partial charge in [-0.3, -0.25) is 4.98 Å². The molecule has 1 heterocycles. The predicted octanol–water partition coefficient (Wildman–Crippen LogP) is 4.19. The van der Waals surface area contributed by atoms with Crippen LogP contribution in [-0.2, 0) is 6.54 Å². The van der Waals surface area contributed by atoms with E-state index >= 15 is 0 Å². The van der Waals surface area contributed by atoms with Crippen LogP contribution in [-0.4, -0.2) is 11.0 Å². The zero-order chi connectivity index (χ0) is 14.4. The lowest BCUT2D eigenvalue weighted by Crippen LogP contribution is -2.23. The SMILES string of the molecule is CC(C)=CC(C)NCc1ccnc(-c2ccccc2)c1. The van der Waals surface area contributed by atoms with Crippen molar-refractivity contribution in [3.63, 3.8) is 0 Å². The van der Waals surface area contributed by atoms with Gasteiger partial charge in [-0.2, -0.15) is 0 Å². The summed E-state index contributed by atoms with van der Waals surface area (Å²) in [6.07, 6.45) is 4.12. The van der Waals surface area contributed by atoms with Crippen molar-refractivity contribution >= 4 is 0 Å². The molecule has 0 aliphatic carbocycles. The quantitative estimate of drug-likeness (QED) is 0.821. The molecular formula is C18H22N2. The van der Waals surface area contributed by atoms with Crippen LogP contribution in [0.15, 0.2) is 60.3 Å². The predicted molar refractivity (Wildman–Crippen MR) is 85.4 cm³/mol. The summed E-state index contributed by atoms with van der Waals surface area (Å²) in [5, 5.41) is 3.50. The first kappa shape index (κ1) is 14.5. The molecule has 2 aromatic rings. The van der Waals surface area contributed by atoms with Crippen molar-refractivity contribution in [3.8, 4) is 11.3 Å². The number of hydrogen-bond acceptors (Lipinski definition) is 2. The van der Waals surface area contributed by atoms with E-state index in [1.807, 2.05) is 24.4 Å². The van der Waals surface area contributed by atoms with Gasteiger partial charge in [0.05, 0.1) is 5.69 Å². The molecule has 2 heteroatoms. The number of allylic oxidation sites excluding steroid dienone is 1. The third-order valence-electron chi connectivity index (χ3n) is 3.11. The molecule has 1 unspecified atom stereocenters. The monoisotopic (exact) mass is 266 g/mol. The molecule has 0 saturated carbocycles. The summed E-state index contributed by atoms with van der Waals surface area (Å²) in [5.41, 5.74) is 4.78. The summed E-state index contributed by atoms with van der Waals surface area (Å²) in [6, 6.07) is 14.9. The Kier molecular flexibility index (Phi) is 5.08. The first-order chi connectivity index (χ1) is 9.65. The average Bonchev–Trinajstić information content (AvgIpc) is 2.46. The molecule has 1 N–H and O–H groups in total. The molecule has 1 aromatic heterocycles. The largest absolute Gasteiger partial charge is 0.307 e. The second-order valence-corrected chi connectivity index (χ2v) is 5.33. The van der Waals surface area contributed by atoms with Gasteiger partial charge in [0.2, 0.25) is 0 Å². The van der Waals surface area contributed by atoms with Crippen LogP contribution in [0.5, 0.6) is 0 Å². The maximum atomic E-state index is 4.45. The second kappa shape index (κ2) is 7.01. The fourth-order valence-electron chi connectivity index (χ4n) is 2.19. The molecule has 0 radical (unpaired) electrons. The lowest BCUT2D eigenvalue weighted by Gasteiger charge is -2.11. The molecule has 0 saturated heterocycles. The highest BCUT2D eigenvalue weighted by atomic mass is 14.9. The zero-order valence-electron chi connectivity index (χ0n) is 12.4. The summed E-state index contributed by atoms with van der Waals surface area (Å²) in [5.74, 6) is 0. The van der Waals surface area contributed by atoms with Gasteiger partial charge in [-0.25, -0.2) is 0 Å². The van der Waals surface area contributed by atoms with Crippen molar-refractivity contribution in [2.75, 3.05) is 0 Å². The van der Waals surface area contributed by atoms with Gasteiger partial charge in [0.1, 0.15) is 0 Å². The van der Waals surface area contributed by atoms with Gasteiger partial charge in [-0.05, 0) is 38.5 Å². The molecule has 0 amide bonds. The van der Waals surface area contributed by atoms with E-state index in [1.165, 1.54) is 11.1 Å². The fourth-order valence-corrected chi connectivity index (χ4v) is 2.19. The van der Waals surface area contributed by atoms with Crippen molar-refractivity contribution in [2.24, 2.45) is 0 Å². The Hall–Kier alpha value is -1.93. The number of hydrogen-bond donors (Lipinski definition) is 1. The fraction of sp³-hybridized carbons (Fsp3) is 0.278. The second-order valence-electron chi connectivity index (χ2n) is 5.33. The van der Waals surface area contributed by atoms with Crippen LogP contribution < -0.4 is 5.32 Å². The molecule has 1 aromatic carbocycles. The van der Waals surface area contributed by atoms with E-state index in [0.717, 1.165) is 17.8 Å². The van der Waals surface area contributed by atoms with E-state index in [-0.39, 0.29) is 0 Å². The zero-order valence-corrected chi connectivity index (χ0v) is 12.4. The van der Waals surface area contributed by atoms with Gasteiger partial charge in [0, 0.05) is 24.3 Å². The Labute approximate surface area is 121 Å². The van der Waals surface area contributed by atoms with Crippen LogP contribution in [0, 0.1) is 0 Å². The maximum absolute atomic E-state index is 4.45. The van der Waals surface area contributed by atoms with Crippen molar-refractivity contribution < 1.29 is 0 Å². The minimum Gasteiger partial charge on any atom is -0.307 e. The Morgan fingerprint density at radius 3 is 2.65 bits per heavy atom. The molecule has 0 spiro atoms. The van der Waals surface area contributed by atoms with E-state index in [9.17, 15) is 0 Å². The Morgan fingerprint density at radius 1 is 1.20 bits per heavy atom. The molecule has 2 nitrogen and oxygen atoms in total. The summed E-state index contributed by atoms with van der Waals surface area (Å²) < 4.78 is 0. The summed E-state index contributed by atoms with van der Waals surface area (Å²) in [6.45, 7) is 7.27. The number of nitrogens with zero attached hydrogens (tertiary/aromatic N) is 1. The molecule has 0 aliphatic heterocycles. The molecule has 20 heavy (non-hydrogen) atoms. The lowest BCUT2D eigenvalue weighted by molar-refractivity contribution is 0.630. The minimum atomic E-state index is 0.383. The molecule has 2 rings (SSSR count). The van der Waals surface area contributed by atoms with E-state index in [4.69, 9.17) is 0 Å². The number of aromatic nitrogens is 1. The maximum Gasteiger partial charge on any atom is 0.0705 e. The van der Waals surface area contributed by atoms with Gasteiger partial charge in [0.15, 0.2) is 0 Å². The molecular weight excluding hydrogens is 244 g/mol. The smallest absolute Gasteiger partial charge is 0.0705 e. The molecule has 0 bridgehead atoms. The topological polar surface area (TPSA) is 24.9 Å². The normalized spacial score (nSPS) is 11.9. The van der Waals surface area contributed by atoms with E-state index < -0.39 is 0 Å². The number of rotatable bonds is 5. The number of nitrogens with one attached hydrogen (secondary N) is 1. The summed E-state index contributed by atoms with van der Waals surface area (Å²) >= 11 is 0. The highest BCUT2D eigenvalue weighted by Gasteiger charge is 2.02. The van der Waals surface area contributed by atoms with Crippen LogP contribution in [0.4, 0.5) is 0 Å². The van der Waals surface area contributed by atoms with Crippen molar-refractivity contribution in [3.05, 3.63) is 65.9 Å². The highest BCUT2D eigenvalue weighted by Crippen LogP contribution is 2.17. The van der Waals surface area contributed by atoms with Gasteiger partial charge >= 0.3 is 0 Å². The summed E-state index contributed by atoms with van der Waals surface area (Å²) in [4.78, 5) is 4.45. The van der Waals surface area contributed by atoms with Crippen LogP contribution in [0.25, 0.3) is 11.3 Å². The first-order valence-electron chi connectivity index (χ1n) is 7.04. The third kappa shape index (κ3) is 4.32. The van der Waals surface area contributed by atoms with Crippen LogP contribution in [0.2, 0.25) is 0 Å². The van der Waals surface area contributed by atoms with Crippen LogP contribution in [0.3, 0.4) is 0 Å². The van der Waals surface area contributed by atoms with E-state index in [1.54, 1.807) is 0 Å². The van der Waals surface area contributed by atoms with Gasteiger partial charge in [-0.15, -0.1) is 0 Å². The van der Waals surface area contributed by atoms with Crippen molar-refractivity contribution in [1.82, 2.24) is 10.3 Å². The lowest BCUT2D eigenvalue weighted by atomic mass is 10.1. The minimum absolute atomic E-state index is 0.383. The van der Waals surface area contributed by atoms with Crippen LogP contribution >= 0.6 is 0 Å². The van der Waals surface area contributed by atoms with E-state index in [0.29, 0.717) is 6.04 Å². The van der Waals surface area contributed by atoms with Crippen LogP contribution in [0.1, 0.15) is 26.3 Å². The van der Waals surface area contributed by atoms with E-state index in [2.05, 4.69) is 61.4 Å². The Balaban J connectivity index is 2.05. The highest BCUT2D eigenvalue weighted by molar-refractivity contribution is 5.59. The van der Waals surface area contributed by atoms with Gasteiger partial charge in [0.25, 0.3) is 0 Å². The molecule has 104 valence electrons. The average molecular weight is 266 g/mol. The van der Waals surface area contributed by atoms with Crippen molar-refractivity contribution in [2.45, 2.75) is 33.4 Å². The Morgan fingerprint density at radius 2 is 1.95 bits per heavy atom. The van der Waals surface area contributed by atoms with Gasteiger partial charge < -0.3 is 5.32 Å². The molecule has 1 atom stereocenters.